The smallest absolute Gasteiger partial charge is 0.329 e. The van der Waals surface area contributed by atoms with Crippen LogP contribution in [0.1, 0.15) is 25.5 Å². The summed E-state index contributed by atoms with van der Waals surface area (Å²) in [6.45, 7) is 2.68. The van der Waals surface area contributed by atoms with Crippen molar-refractivity contribution in [1.82, 2.24) is 25.2 Å². The monoisotopic (exact) mass is 491 g/mol. The van der Waals surface area contributed by atoms with E-state index in [2.05, 4.69) is 20.6 Å². The second-order valence-corrected chi connectivity index (χ2v) is 8.53. The fourth-order valence-electron chi connectivity index (χ4n) is 4.04. The Morgan fingerprint density at radius 2 is 1.50 bits per heavy atom. The Hall–Kier alpha value is -4.67. The number of aliphatic carboxylic acids is 1. The lowest BCUT2D eigenvalue weighted by atomic mass is 10.0. The fraction of sp³-hybridized carbons (Fsp3) is 0.240. The summed E-state index contributed by atoms with van der Waals surface area (Å²) in [7, 11) is 0. The van der Waals surface area contributed by atoms with Gasteiger partial charge in [-0.25, -0.2) is 9.36 Å². The SMILES string of the molecule is C[C@H](NC(=O)[C@H](Cc1c[nH]c2ccccc12)n1c(=O)[nH]c2ccccc2c1=O)C(=O)N[C@H](C)C(=O)O. The summed E-state index contributed by atoms with van der Waals surface area (Å²) in [5.41, 5.74) is 0.440. The lowest BCUT2D eigenvalue weighted by Crippen LogP contribution is -2.52. The molecule has 0 spiro atoms. The maximum atomic E-state index is 13.5. The van der Waals surface area contributed by atoms with Gasteiger partial charge in [-0.15, -0.1) is 0 Å². The van der Waals surface area contributed by atoms with Crippen molar-refractivity contribution in [2.24, 2.45) is 0 Å². The molecule has 0 unspecified atom stereocenters. The average Bonchev–Trinajstić information content (AvgIpc) is 3.26. The van der Waals surface area contributed by atoms with Gasteiger partial charge in [-0.1, -0.05) is 30.3 Å². The van der Waals surface area contributed by atoms with E-state index < -0.39 is 47.2 Å². The number of H-pyrrole nitrogens is 2. The Bertz CT molecular complexity index is 1580. The zero-order valence-corrected chi connectivity index (χ0v) is 19.6. The molecule has 36 heavy (non-hydrogen) atoms. The summed E-state index contributed by atoms with van der Waals surface area (Å²) in [6, 6.07) is 10.3. The van der Waals surface area contributed by atoms with Crippen LogP contribution in [0.2, 0.25) is 0 Å². The molecule has 2 heterocycles. The number of amides is 2. The van der Waals surface area contributed by atoms with Crippen molar-refractivity contribution in [2.45, 2.75) is 38.4 Å². The first-order valence-corrected chi connectivity index (χ1v) is 11.3. The van der Waals surface area contributed by atoms with E-state index in [1.165, 1.54) is 13.8 Å². The first kappa shape index (κ1) is 24.5. The molecule has 0 fully saturated rings. The second kappa shape index (κ2) is 9.90. The highest BCUT2D eigenvalue weighted by Crippen LogP contribution is 2.22. The fourth-order valence-corrected chi connectivity index (χ4v) is 4.04. The maximum absolute atomic E-state index is 13.5. The minimum atomic E-state index is -1.29. The molecule has 0 radical (unpaired) electrons. The third-order valence-electron chi connectivity index (χ3n) is 6.02. The van der Waals surface area contributed by atoms with Crippen LogP contribution in [-0.2, 0) is 20.8 Å². The van der Waals surface area contributed by atoms with E-state index >= 15 is 0 Å². The predicted octanol–water partition coefficient (Wildman–Crippen LogP) is 1.05. The van der Waals surface area contributed by atoms with E-state index in [0.29, 0.717) is 11.1 Å². The number of carboxylic acid groups (broad SMARTS) is 1. The molecular weight excluding hydrogens is 466 g/mol. The Labute approximate surface area is 204 Å². The quantitative estimate of drug-likeness (QED) is 0.247. The van der Waals surface area contributed by atoms with Crippen molar-refractivity contribution in [3.63, 3.8) is 0 Å². The maximum Gasteiger partial charge on any atom is 0.329 e. The molecular formula is C25H25N5O6. The highest BCUT2D eigenvalue weighted by Gasteiger charge is 2.29. The molecule has 2 aromatic heterocycles. The molecule has 11 heteroatoms. The van der Waals surface area contributed by atoms with Gasteiger partial charge in [0.25, 0.3) is 5.56 Å². The van der Waals surface area contributed by atoms with Crippen LogP contribution in [0.3, 0.4) is 0 Å². The van der Waals surface area contributed by atoms with Gasteiger partial charge in [0.15, 0.2) is 0 Å². The number of carbonyl (C=O) groups is 3. The number of benzene rings is 2. The van der Waals surface area contributed by atoms with Gasteiger partial charge < -0.3 is 25.7 Å². The predicted molar refractivity (Wildman–Crippen MR) is 133 cm³/mol. The Morgan fingerprint density at radius 3 is 2.19 bits per heavy atom. The van der Waals surface area contributed by atoms with Crippen molar-refractivity contribution in [3.8, 4) is 0 Å². The van der Waals surface area contributed by atoms with Gasteiger partial charge in [0.1, 0.15) is 18.1 Å². The number of para-hydroxylation sites is 2. The number of carboxylic acids is 1. The van der Waals surface area contributed by atoms with Crippen molar-refractivity contribution in [2.75, 3.05) is 0 Å². The molecule has 2 aromatic carbocycles. The zero-order valence-electron chi connectivity index (χ0n) is 19.6. The van der Waals surface area contributed by atoms with Gasteiger partial charge in [0.05, 0.1) is 10.9 Å². The molecule has 0 bridgehead atoms. The molecule has 0 saturated carbocycles. The van der Waals surface area contributed by atoms with E-state index in [1.807, 2.05) is 24.3 Å². The Morgan fingerprint density at radius 1 is 0.889 bits per heavy atom. The first-order chi connectivity index (χ1) is 17.2. The minimum Gasteiger partial charge on any atom is -0.480 e. The van der Waals surface area contributed by atoms with Crippen LogP contribution in [0.25, 0.3) is 21.8 Å². The number of nitrogens with zero attached hydrogens (tertiary/aromatic N) is 1. The molecule has 3 atom stereocenters. The summed E-state index contributed by atoms with van der Waals surface area (Å²) in [5, 5.41) is 14.9. The van der Waals surface area contributed by atoms with Crippen molar-refractivity contribution in [1.29, 1.82) is 0 Å². The van der Waals surface area contributed by atoms with Crippen molar-refractivity contribution in [3.05, 3.63) is 81.1 Å². The topological polar surface area (TPSA) is 166 Å². The molecule has 0 aliphatic carbocycles. The van der Waals surface area contributed by atoms with Crippen molar-refractivity contribution < 1.29 is 19.5 Å². The largest absolute Gasteiger partial charge is 0.480 e. The summed E-state index contributed by atoms with van der Waals surface area (Å²) in [4.78, 5) is 69.0. The van der Waals surface area contributed by atoms with Crippen LogP contribution in [0.5, 0.6) is 0 Å². The standard InChI is InChI=1S/C25H25N5O6/c1-13(21(31)28-14(2)24(34)35)27-22(32)20(11-15-12-26-18-9-5-3-7-16(15)18)30-23(33)17-8-4-6-10-19(17)29-25(30)36/h3-10,12-14,20,26H,11H2,1-2H3,(H,27,32)(H,28,31)(H,29,36)(H,34,35)/t13-,14+,20-/m0/s1. The zero-order chi connectivity index (χ0) is 26.0. The molecule has 11 nitrogen and oxygen atoms in total. The molecule has 0 saturated heterocycles. The number of nitrogens with one attached hydrogen (secondary N) is 4. The number of aromatic nitrogens is 3. The molecule has 4 aromatic rings. The molecule has 0 aliphatic rings. The van der Waals surface area contributed by atoms with Crippen LogP contribution in [-0.4, -0.2) is 49.5 Å². The first-order valence-electron chi connectivity index (χ1n) is 11.3. The van der Waals surface area contributed by atoms with Gasteiger partial charge in [-0.05, 0) is 37.6 Å². The number of aromatic amines is 2. The van der Waals surface area contributed by atoms with E-state index in [1.54, 1.807) is 30.5 Å². The molecule has 5 N–H and O–H groups in total. The number of rotatable bonds is 8. The van der Waals surface area contributed by atoms with Gasteiger partial charge >= 0.3 is 11.7 Å². The van der Waals surface area contributed by atoms with Crippen LogP contribution >= 0.6 is 0 Å². The normalized spacial score (nSPS) is 13.7. The molecule has 4 rings (SSSR count). The van der Waals surface area contributed by atoms with Gasteiger partial charge in [-0.2, -0.15) is 0 Å². The Balaban J connectivity index is 1.74. The third-order valence-corrected chi connectivity index (χ3v) is 6.02. The average molecular weight is 492 g/mol. The van der Waals surface area contributed by atoms with E-state index in [-0.39, 0.29) is 11.8 Å². The van der Waals surface area contributed by atoms with Crippen LogP contribution in [0.15, 0.2) is 64.3 Å². The highest BCUT2D eigenvalue weighted by atomic mass is 16.4. The minimum absolute atomic E-state index is 0.0168. The van der Waals surface area contributed by atoms with Gasteiger partial charge in [0, 0.05) is 23.5 Å². The van der Waals surface area contributed by atoms with E-state index in [4.69, 9.17) is 5.11 Å². The molecule has 186 valence electrons. The van der Waals surface area contributed by atoms with Crippen LogP contribution in [0, 0.1) is 0 Å². The summed E-state index contributed by atoms with van der Waals surface area (Å²) in [5.74, 6) is -2.69. The number of hydrogen-bond acceptors (Lipinski definition) is 5. The Kier molecular flexibility index (Phi) is 6.73. The van der Waals surface area contributed by atoms with E-state index in [9.17, 15) is 24.0 Å². The summed E-state index contributed by atoms with van der Waals surface area (Å²) >= 11 is 0. The van der Waals surface area contributed by atoms with Crippen LogP contribution in [0.4, 0.5) is 0 Å². The van der Waals surface area contributed by atoms with Crippen LogP contribution < -0.4 is 21.9 Å². The highest BCUT2D eigenvalue weighted by molar-refractivity contribution is 5.92. The number of carbonyl (C=O) groups excluding carboxylic acids is 2. The third kappa shape index (κ3) is 4.76. The summed E-state index contributed by atoms with van der Waals surface area (Å²) < 4.78 is 0.851. The lowest BCUT2D eigenvalue weighted by molar-refractivity contribution is -0.141. The van der Waals surface area contributed by atoms with Gasteiger partial charge in [-0.3, -0.25) is 19.2 Å². The van der Waals surface area contributed by atoms with Gasteiger partial charge in [0.2, 0.25) is 11.8 Å². The molecule has 0 aliphatic heterocycles. The lowest BCUT2D eigenvalue weighted by Gasteiger charge is -2.22. The number of fused-ring (bicyclic) bond motifs is 2. The van der Waals surface area contributed by atoms with Crippen molar-refractivity contribution >= 4 is 39.6 Å². The van der Waals surface area contributed by atoms with E-state index in [0.717, 1.165) is 15.5 Å². The second-order valence-electron chi connectivity index (χ2n) is 8.53. The summed E-state index contributed by atoms with van der Waals surface area (Å²) in [6.07, 6.45) is 1.69. The molecule has 2 amide bonds. The number of hydrogen-bond donors (Lipinski definition) is 5.